The highest BCUT2D eigenvalue weighted by atomic mass is 16.3. The monoisotopic (exact) mass is 342 g/mol. The number of rotatable bonds is 4. The third-order valence-electron chi connectivity index (χ3n) is 4.42. The lowest BCUT2D eigenvalue weighted by atomic mass is 9.95. The van der Waals surface area contributed by atoms with Crippen molar-refractivity contribution >= 4 is 17.6 Å². The van der Waals surface area contributed by atoms with Crippen LogP contribution in [0.15, 0.2) is 35.1 Å². The van der Waals surface area contributed by atoms with Crippen molar-refractivity contribution in [1.29, 1.82) is 0 Å². The summed E-state index contributed by atoms with van der Waals surface area (Å²) >= 11 is 0. The van der Waals surface area contributed by atoms with Gasteiger partial charge in [0.15, 0.2) is 0 Å². The number of aromatic nitrogens is 1. The third-order valence-corrected chi connectivity index (χ3v) is 4.42. The van der Waals surface area contributed by atoms with Gasteiger partial charge in [0.05, 0.1) is 12.1 Å². The minimum atomic E-state index is -0.115. The molecule has 0 atom stereocenters. The van der Waals surface area contributed by atoms with E-state index in [2.05, 4.69) is 10.3 Å². The molecule has 7 nitrogen and oxygen atoms in total. The second-order valence-corrected chi connectivity index (χ2v) is 6.28. The number of carbonyl (C=O) groups is 2. The van der Waals surface area contributed by atoms with Crippen LogP contribution < -0.4 is 11.1 Å². The van der Waals surface area contributed by atoms with E-state index < -0.39 is 0 Å². The summed E-state index contributed by atoms with van der Waals surface area (Å²) in [5.41, 5.74) is 7.05. The first-order valence-corrected chi connectivity index (χ1v) is 8.37. The van der Waals surface area contributed by atoms with Gasteiger partial charge in [0, 0.05) is 25.2 Å². The molecule has 3 rings (SSSR count). The van der Waals surface area contributed by atoms with Crippen LogP contribution in [0.25, 0.3) is 0 Å². The summed E-state index contributed by atoms with van der Waals surface area (Å²) in [6, 6.07) is 5.37. The van der Waals surface area contributed by atoms with Crippen molar-refractivity contribution in [2.45, 2.75) is 26.3 Å². The Labute approximate surface area is 146 Å². The van der Waals surface area contributed by atoms with Gasteiger partial charge < -0.3 is 20.4 Å². The van der Waals surface area contributed by atoms with Gasteiger partial charge >= 0.3 is 0 Å². The number of nitrogens with one attached hydrogen (secondary N) is 1. The van der Waals surface area contributed by atoms with Crippen molar-refractivity contribution in [3.05, 3.63) is 47.5 Å². The van der Waals surface area contributed by atoms with Crippen molar-refractivity contribution < 1.29 is 14.0 Å². The number of nitrogens with two attached hydrogens (primary N) is 1. The van der Waals surface area contributed by atoms with E-state index in [0.29, 0.717) is 43.1 Å². The fourth-order valence-electron chi connectivity index (χ4n) is 2.90. The second-order valence-electron chi connectivity index (χ2n) is 6.28. The lowest BCUT2D eigenvalue weighted by molar-refractivity contribution is -0.121. The Morgan fingerprint density at radius 1 is 1.36 bits per heavy atom. The molecule has 2 amide bonds. The number of furan rings is 1. The Bertz CT molecular complexity index is 746. The standard InChI is InChI=1S/C18H22N4O3/c1-12-2-3-16(20-10-12)21-17(23)13-4-6-22(7-5-13)18(24)14-8-15(9-19)25-11-14/h2-3,8,10-11,13H,4-7,9,19H2,1H3,(H,20,21,23). The summed E-state index contributed by atoms with van der Waals surface area (Å²) in [5.74, 6) is 0.904. The Morgan fingerprint density at radius 2 is 2.12 bits per heavy atom. The maximum atomic E-state index is 12.4. The van der Waals surface area contributed by atoms with Gasteiger partial charge in [-0.15, -0.1) is 0 Å². The Balaban J connectivity index is 1.53. The molecule has 1 fully saturated rings. The minimum Gasteiger partial charge on any atom is -0.467 e. The van der Waals surface area contributed by atoms with Gasteiger partial charge in [-0.05, 0) is 37.5 Å². The quantitative estimate of drug-likeness (QED) is 0.884. The van der Waals surface area contributed by atoms with Crippen LogP contribution in [0.2, 0.25) is 0 Å². The number of nitrogens with zero attached hydrogens (tertiary/aromatic N) is 2. The zero-order chi connectivity index (χ0) is 17.8. The topological polar surface area (TPSA) is 101 Å². The predicted octanol–water partition coefficient (Wildman–Crippen LogP) is 1.93. The first-order chi connectivity index (χ1) is 12.1. The molecule has 0 spiro atoms. The van der Waals surface area contributed by atoms with Crippen LogP contribution in [-0.4, -0.2) is 34.8 Å². The molecule has 2 aromatic heterocycles. The Kier molecular flexibility index (Phi) is 5.14. The zero-order valence-corrected chi connectivity index (χ0v) is 14.2. The van der Waals surface area contributed by atoms with E-state index in [9.17, 15) is 9.59 Å². The summed E-state index contributed by atoms with van der Waals surface area (Å²) in [5, 5.41) is 2.84. The first-order valence-electron chi connectivity index (χ1n) is 8.37. The van der Waals surface area contributed by atoms with E-state index in [1.54, 1.807) is 23.2 Å². The van der Waals surface area contributed by atoms with Crippen molar-refractivity contribution in [3.63, 3.8) is 0 Å². The zero-order valence-electron chi connectivity index (χ0n) is 14.2. The van der Waals surface area contributed by atoms with E-state index in [1.165, 1.54) is 6.26 Å². The Hall–Kier alpha value is -2.67. The van der Waals surface area contributed by atoms with Crippen LogP contribution in [0.5, 0.6) is 0 Å². The summed E-state index contributed by atoms with van der Waals surface area (Å²) in [4.78, 5) is 30.7. The van der Waals surface area contributed by atoms with Crippen LogP contribution in [0.4, 0.5) is 5.82 Å². The number of piperidine rings is 1. The van der Waals surface area contributed by atoms with E-state index in [-0.39, 0.29) is 24.3 Å². The molecule has 7 heteroatoms. The molecule has 0 aliphatic carbocycles. The van der Waals surface area contributed by atoms with Crippen LogP contribution in [0.1, 0.15) is 34.5 Å². The highest BCUT2D eigenvalue weighted by molar-refractivity contribution is 5.95. The third kappa shape index (κ3) is 4.06. The minimum absolute atomic E-state index is 0.0443. The number of likely N-dealkylation sites (tertiary alicyclic amines) is 1. The predicted molar refractivity (Wildman–Crippen MR) is 92.8 cm³/mol. The SMILES string of the molecule is Cc1ccc(NC(=O)C2CCN(C(=O)c3coc(CN)c3)CC2)nc1. The lowest BCUT2D eigenvalue weighted by Crippen LogP contribution is -2.41. The van der Waals surface area contributed by atoms with Gasteiger partial charge in [0.25, 0.3) is 5.91 Å². The molecular weight excluding hydrogens is 320 g/mol. The molecule has 25 heavy (non-hydrogen) atoms. The second kappa shape index (κ2) is 7.48. The average molecular weight is 342 g/mol. The number of hydrogen-bond donors (Lipinski definition) is 2. The van der Waals surface area contributed by atoms with Gasteiger partial charge in [-0.2, -0.15) is 0 Å². The molecule has 3 N–H and O–H groups in total. The van der Waals surface area contributed by atoms with Gasteiger partial charge in [0.1, 0.15) is 17.8 Å². The molecule has 0 bridgehead atoms. The maximum absolute atomic E-state index is 12.4. The van der Waals surface area contributed by atoms with E-state index in [1.807, 2.05) is 13.0 Å². The Morgan fingerprint density at radius 3 is 2.72 bits per heavy atom. The first kappa shape index (κ1) is 17.2. The normalized spacial score (nSPS) is 15.2. The number of pyridine rings is 1. The molecule has 0 aromatic carbocycles. The molecule has 0 unspecified atom stereocenters. The summed E-state index contributed by atoms with van der Waals surface area (Å²) in [6.45, 7) is 3.30. The molecule has 1 saturated heterocycles. The van der Waals surface area contributed by atoms with E-state index in [4.69, 9.17) is 10.2 Å². The molecule has 1 aliphatic rings. The molecule has 1 aliphatic heterocycles. The highest BCUT2D eigenvalue weighted by Gasteiger charge is 2.28. The van der Waals surface area contributed by atoms with Crippen molar-refractivity contribution in [3.8, 4) is 0 Å². The molecule has 132 valence electrons. The largest absolute Gasteiger partial charge is 0.467 e. The number of aryl methyl sites for hydroxylation is 1. The smallest absolute Gasteiger partial charge is 0.257 e. The number of amides is 2. The number of anilines is 1. The van der Waals surface area contributed by atoms with Crippen molar-refractivity contribution in [2.24, 2.45) is 11.7 Å². The van der Waals surface area contributed by atoms with E-state index >= 15 is 0 Å². The van der Waals surface area contributed by atoms with Crippen molar-refractivity contribution in [1.82, 2.24) is 9.88 Å². The lowest BCUT2D eigenvalue weighted by Gasteiger charge is -2.31. The summed E-state index contributed by atoms with van der Waals surface area (Å²) in [6.07, 6.45) is 4.42. The van der Waals surface area contributed by atoms with Crippen molar-refractivity contribution in [2.75, 3.05) is 18.4 Å². The summed E-state index contributed by atoms with van der Waals surface area (Å²) in [7, 11) is 0. The highest BCUT2D eigenvalue weighted by Crippen LogP contribution is 2.21. The van der Waals surface area contributed by atoms with Gasteiger partial charge in [-0.1, -0.05) is 6.07 Å². The number of hydrogen-bond acceptors (Lipinski definition) is 5. The van der Waals surface area contributed by atoms with Crippen LogP contribution >= 0.6 is 0 Å². The summed E-state index contributed by atoms with van der Waals surface area (Å²) < 4.78 is 5.22. The maximum Gasteiger partial charge on any atom is 0.257 e. The average Bonchev–Trinajstić information content (AvgIpc) is 3.12. The molecule has 2 aromatic rings. The van der Waals surface area contributed by atoms with Gasteiger partial charge in [-0.25, -0.2) is 4.98 Å². The van der Waals surface area contributed by atoms with E-state index in [0.717, 1.165) is 5.56 Å². The molecule has 0 saturated carbocycles. The number of carbonyl (C=O) groups excluding carboxylic acids is 2. The fourth-order valence-corrected chi connectivity index (χ4v) is 2.90. The fraction of sp³-hybridized carbons (Fsp3) is 0.389. The molecule has 3 heterocycles. The van der Waals surface area contributed by atoms with Gasteiger partial charge in [0.2, 0.25) is 5.91 Å². The molecular formula is C18H22N4O3. The molecule has 0 radical (unpaired) electrons. The van der Waals surface area contributed by atoms with Gasteiger partial charge in [-0.3, -0.25) is 9.59 Å². The van der Waals surface area contributed by atoms with Crippen LogP contribution in [-0.2, 0) is 11.3 Å². The van der Waals surface area contributed by atoms with Crippen LogP contribution in [0.3, 0.4) is 0 Å². The van der Waals surface area contributed by atoms with Crippen LogP contribution in [0, 0.1) is 12.8 Å².